The van der Waals surface area contributed by atoms with E-state index >= 15 is 0 Å². The molecule has 0 aromatic carbocycles. The van der Waals surface area contributed by atoms with Crippen LogP contribution in [0.5, 0.6) is 0 Å². The van der Waals surface area contributed by atoms with Crippen LogP contribution < -0.4 is 5.11 Å². The van der Waals surface area contributed by atoms with Gasteiger partial charge in [-0.3, -0.25) is 0 Å². The number of hydrogen-bond donors (Lipinski definition) is 2. The number of rotatable bonds is 14. The minimum absolute atomic E-state index is 0.106. The highest BCUT2D eigenvalue weighted by atomic mass is 16.4. The molecular formula is C20H31O4-. The molecule has 2 atom stereocenters. The van der Waals surface area contributed by atoms with Crippen LogP contribution >= 0.6 is 0 Å². The molecule has 24 heavy (non-hydrogen) atoms. The standard InChI is InChI=1S/C20H32O4/c1-2-3-12-15-18(21)19(22)16-13-10-8-6-4-5-7-9-11-14-17-20(23)24/h4,6-10,13,16,18-19,21-22H,2-3,5,11-12,14-15,17H2,1H3,(H,23,24)/p-1/b6-4-,9-7-,10-8+,16-13+/t18-,19+/m0/s1. The summed E-state index contributed by atoms with van der Waals surface area (Å²) in [6.45, 7) is 2.11. The molecule has 2 N–H and O–H groups in total. The Hall–Kier alpha value is -1.65. The maximum absolute atomic E-state index is 10.2. The van der Waals surface area contributed by atoms with Crippen LogP contribution in [0.3, 0.4) is 0 Å². The van der Waals surface area contributed by atoms with Crippen molar-refractivity contribution in [1.29, 1.82) is 0 Å². The van der Waals surface area contributed by atoms with Gasteiger partial charge in [0.15, 0.2) is 0 Å². The number of carboxylic acids is 1. The van der Waals surface area contributed by atoms with Crippen LogP contribution in [-0.4, -0.2) is 28.4 Å². The Labute approximate surface area is 145 Å². The van der Waals surface area contributed by atoms with Gasteiger partial charge in [-0.05, 0) is 32.1 Å². The third kappa shape index (κ3) is 15.3. The van der Waals surface area contributed by atoms with Crippen molar-refractivity contribution in [2.45, 2.75) is 70.5 Å². The number of unbranched alkanes of at least 4 members (excludes halogenated alkanes) is 3. The molecule has 0 fully saturated rings. The molecule has 0 aliphatic rings. The Bertz CT molecular complexity index is 421. The molecule has 0 rings (SSSR count). The number of carbonyl (C=O) groups is 1. The molecule has 0 bridgehead atoms. The summed E-state index contributed by atoms with van der Waals surface area (Å²) >= 11 is 0. The third-order valence-corrected chi connectivity index (χ3v) is 3.47. The lowest BCUT2D eigenvalue weighted by atomic mass is 10.1. The Morgan fingerprint density at radius 1 is 1.00 bits per heavy atom. The number of aliphatic carboxylic acids is 1. The highest BCUT2D eigenvalue weighted by Crippen LogP contribution is 2.07. The van der Waals surface area contributed by atoms with Crippen LogP contribution in [0.1, 0.15) is 58.3 Å². The average molecular weight is 335 g/mol. The molecule has 0 unspecified atom stereocenters. The van der Waals surface area contributed by atoms with Crippen molar-refractivity contribution >= 4 is 5.97 Å². The fourth-order valence-corrected chi connectivity index (χ4v) is 2.02. The van der Waals surface area contributed by atoms with E-state index in [1.54, 1.807) is 12.2 Å². The molecule has 0 saturated carbocycles. The normalized spacial score (nSPS) is 15.1. The molecule has 0 aliphatic carbocycles. The van der Waals surface area contributed by atoms with E-state index in [1.807, 2.05) is 36.5 Å². The first-order valence-corrected chi connectivity index (χ1v) is 8.78. The Morgan fingerprint density at radius 3 is 2.46 bits per heavy atom. The molecular weight excluding hydrogens is 304 g/mol. The van der Waals surface area contributed by atoms with E-state index < -0.39 is 18.2 Å². The zero-order valence-electron chi connectivity index (χ0n) is 14.6. The molecule has 0 amide bonds. The van der Waals surface area contributed by atoms with E-state index in [1.165, 1.54) is 0 Å². The van der Waals surface area contributed by atoms with Crippen molar-refractivity contribution in [1.82, 2.24) is 0 Å². The Balaban J connectivity index is 3.78. The van der Waals surface area contributed by atoms with Gasteiger partial charge < -0.3 is 20.1 Å². The predicted octanol–water partition coefficient (Wildman–Crippen LogP) is 2.82. The summed E-state index contributed by atoms with van der Waals surface area (Å²) in [5.74, 6) is -1.000. The van der Waals surface area contributed by atoms with Gasteiger partial charge in [-0.2, -0.15) is 0 Å². The van der Waals surface area contributed by atoms with E-state index in [4.69, 9.17) is 0 Å². The first kappa shape index (κ1) is 22.4. The van der Waals surface area contributed by atoms with Crippen molar-refractivity contribution in [3.63, 3.8) is 0 Å². The molecule has 0 aliphatic heterocycles. The fourth-order valence-electron chi connectivity index (χ4n) is 2.02. The van der Waals surface area contributed by atoms with Gasteiger partial charge in [0.05, 0.1) is 12.2 Å². The van der Waals surface area contributed by atoms with Gasteiger partial charge in [-0.15, -0.1) is 0 Å². The van der Waals surface area contributed by atoms with E-state index in [0.717, 1.165) is 32.1 Å². The molecule has 0 heterocycles. The van der Waals surface area contributed by atoms with Crippen molar-refractivity contribution in [2.24, 2.45) is 0 Å². The quantitative estimate of drug-likeness (QED) is 0.291. The van der Waals surface area contributed by atoms with Crippen LogP contribution in [0, 0.1) is 0 Å². The molecule has 0 spiro atoms. The van der Waals surface area contributed by atoms with Crippen molar-refractivity contribution in [3.8, 4) is 0 Å². The van der Waals surface area contributed by atoms with E-state index in [-0.39, 0.29) is 6.42 Å². The highest BCUT2D eigenvalue weighted by Gasteiger charge is 2.11. The number of allylic oxidation sites excluding steroid dienone is 7. The molecule has 4 heteroatoms. The minimum atomic E-state index is -1.000. The fraction of sp³-hybridized carbons (Fsp3) is 0.550. The summed E-state index contributed by atoms with van der Waals surface area (Å²) in [7, 11) is 0. The second-order valence-corrected chi connectivity index (χ2v) is 5.72. The Kier molecular flexibility index (Phi) is 15.1. The maximum Gasteiger partial charge on any atom is 0.0982 e. The van der Waals surface area contributed by atoms with E-state index in [2.05, 4.69) is 6.92 Å². The number of hydrogen-bond acceptors (Lipinski definition) is 4. The summed E-state index contributed by atoms with van der Waals surface area (Å²) in [5, 5.41) is 29.7. The predicted molar refractivity (Wildman–Crippen MR) is 96.2 cm³/mol. The lowest BCUT2D eigenvalue weighted by Gasteiger charge is -2.13. The smallest absolute Gasteiger partial charge is 0.0982 e. The minimum Gasteiger partial charge on any atom is -0.550 e. The van der Waals surface area contributed by atoms with Gasteiger partial charge >= 0.3 is 0 Å². The van der Waals surface area contributed by atoms with Crippen LogP contribution in [0.4, 0.5) is 0 Å². The SMILES string of the molecule is CCCCC[C@H](O)[C@H](O)/C=C/C=C/C=C\C/C=C\CCCC(=O)[O-]. The first-order valence-electron chi connectivity index (χ1n) is 8.78. The van der Waals surface area contributed by atoms with Gasteiger partial charge in [0, 0.05) is 5.97 Å². The van der Waals surface area contributed by atoms with Crippen molar-refractivity contribution in [2.75, 3.05) is 0 Å². The largest absolute Gasteiger partial charge is 0.550 e. The van der Waals surface area contributed by atoms with Gasteiger partial charge in [-0.25, -0.2) is 0 Å². The first-order chi connectivity index (χ1) is 11.6. The second kappa shape index (κ2) is 16.2. The van der Waals surface area contributed by atoms with Crippen LogP contribution in [0.15, 0.2) is 48.6 Å². The number of aliphatic hydroxyl groups excluding tert-OH is 2. The van der Waals surface area contributed by atoms with Gasteiger partial charge in [-0.1, -0.05) is 74.8 Å². The third-order valence-electron chi connectivity index (χ3n) is 3.47. The topological polar surface area (TPSA) is 80.6 Å². The number of carbonyl (C=O) groups excluding carboxylic acids is 1. The summed E-state index contributed by atoms with van der Waals surface area (Å²) in [6, 6.07) is 0. The van der Waals surface area contributed by atoms with Gasteiger partial charge in [0.25, 0.3) is 0 Å². The van der Waals surface area contributed by atoms with Crippen molar-refractivity contribution in [3.05, 3.63) is 48.6 Å². The second-order valence-electron chi connectivity index (χ2n) is 5.72. The summed E-state index contributed by atoms with van der Waals surface area (Å²) in [6.07, 6.45) is 19.3. The van der Waals surface area contributed by atoms with E-state index in [9.17, 15) is 20.1 Å². The van der Waals surface area contributed by atoms with Gasteiger partial charge in [0.1, 0.15) is 0 Å². The monoisotopic (exact) mass is 335 g/mol. The van der Waals surface area contributed by atoms with E-state index in [0.29, 0.717) is 12.8 Å². The zero-order valence-corrected chi connectivity index (χ0v) is 14.6. The van der Waals surface area contributed by atoms with Crippen LogP contribution in [0.2, 0.25) is 0 Å². The Morgan fingerprint density at radius 2 is 1.75 bits per heavy atom. The van der Waals surface area contributed by atoms with Gasteiger partial charge in [0.2, 0.25) is 0 Å². The molecule has 0 aromatic heterocycles. The molecule has 0 saturated heterocycles. The van der Waals surface area contributed by atoms with Crippen molar-refractivity contribution < 1.29 is 20.1 Å². The molecule has 136 valence electrons. The maximum atomic E-state index is 10.2. The molecule has 0 radical (unpaired) electrons. The summed E-state index contributed by atoms with van der Waals surface area (Å²) in [4.78, 5) is 10.2. The summed E-state index contributed by atoms with van der Waals surface area (Å²) in [5.41, 5.74) is 0. The van der Waals surface area contributed by atoms with Crippen LogP contribution in [0.25, 0.3) is 0 Å². The average Bonchev–Trinajstić information content (AvgIpc) is 2.55. The van der Waals surface area contributed by atoms with Crippen LogP contribution in [-0.2, 0) is 4.79 Å². The lowest BCUT2D eigenvalue weighted by molar-refractivity contribution is -0.305. The lowest BCUT2D eigenvalue weighted by Crippen LogP contribution is -2.23. The number of aliphatic hydroxyl groups is 2. The molecule has 0 aromatic rings. The summed E-state index contributed by atoms with van der Waals surface area (Å²) < 4.78 is 0. The molecule has 4 nitrogen and oxygen atoms in total. The zero-order chi connectivity index (χ0) is 18.0. The highest BCUT2D eigenvalue weighted by molar-refractivity contribution is 5.64. The number of carboxylic acid groups (broad SMARTS) is 1.